The second-order valence-electron chi connectivity index (χ2n) is 2.93. The second-order valence-corrected chi connectivity index (χ2v) is 2.93. The van der Waals surface area contributed by atoms with Crippen LogP contribution in [-0.2, 0) is 9.53 Å². The Hall–Kier alpha value is -0.530. The molecule has 1 heterocycles. The van der Waals surface area contributed by atoms with Crippen LogP contribution in [0.1, 0.15) is 0 Å². The van der Waals surface area contributed by atoms with Crippen molar-refractivity contribution in [1.29, 1.82) is 0 Å². The Morgan fingerprint density at radius 1 is 1.15 bits per heavy atom. The number of hydrogen-bond donors (Lipinski definition) is 4. The lowest BCUT2D eigenvalue weighted by molar-refractivity contribution is -0.221. The third-order valence-electron chi connectivity index (χ3n) is 2.06. The summed E-state index contributed by atoms with van der Waals surface area (Å²) in [5.74, 6) is 0. The minimum Gasteiger partial charge on any atom is -0.394 e. The summed E-state index contributed by atoms with van der Waals surface area (Å²) in [4.78, 5) is 10.3. The van der Waals surface area contributed by atoms with Crippen molar-refractivity contribution < 1.29 is 30.0 Å². The van der Waals surface area contributed by atoms with Gasteiger partial charge in [-0.25, -0.2) is 0 Å². The number of ether oxygens (including phenoxy) is 1. The Labute approximate surface area is 74.4 Å². The zero-order chi connectivity index (χ0) is 10.0. The molecule has 0 aromatic heterocycles. The molecule has 4 N–H and O–H groups in total. The standard InChI is InChI=1S/C7H12O6/c8-1-3-5(10)7(12)6(11)4(2-9)13-3/h1,3-7,9-12H,2H2/t3-,4-,5+,6+,7-/m1/s1. The van der Waals surface area contributed by atoms with Crippen LogP contribution in [0.2, 0.25) is 0 Å². The van der Waals surface area contributed by atoms with Crippen molar-refractivity contribution in [2.75, 3.05) is 6.61 Å². The van der Waals surface area contributed by atoms with E-state index in [2.05, 4.69) is 0 Å². The van der Waals surface area contributed by atoms with Crippen LogP contribution in [0.15, 0.2) is 0 Å². The van der Waals surface area contributed by atoms with Gasteiger partial charge >= 0.3 is 0 Å². The highest BCUT2D eigenvalue weighted by molar-refractivity contribution is 5.57. The smallest absolute Gasteiger partial charge is 0.151 e. The molecule has 76 valence electrons. The van der Waals surface area contributed by atoms with Crippen LogP contribution >= 0.6 is 0 Å². The maximum Gasteiger partial charge on any atom is 0.151 e. The average Bonchev–Trinajstić information content (AvgIpc) is 2.15. The van der Waals surface area contributed by atoms with E-state index < -0.39 is 37.1 Å². The van der Waals surface area contributed by atoms with Crippen LogP contribution in [0.4, 0.5) is 0 Å². The van der Waals surface area contributed by atoms with Crippen molar-refractivity contribution in [2.24, 2.45) is 0 Å². The molecule has 0 aliphatic carbocycles. The first-order valence-electron chi connectivity index (χ1n) is 3.87. The lowest BCUT2D eigenvalue weighted by Crippen LogP contribution is -2.58. The summed E-state index contributed by atoms with van der Waals surface area (Å²) in [5, 5.41) is 36.3. The van der Waals surface area contributed by atoms with Crippen molar-refractivity contribution >= 4 is 6.29 Å². The van der Waals surface area contributed by atoms with Crippen LogP contribution in [0.3, 0.4) is 0 Å². The first-order valence-corrected chi connectivity index (χ1v) is 3.87. The Morgan fingerprint density at radius 2 is 1.77 bits per heavy atom. The Kier molecular flexibility index (Phi) is 3.34. The molecule has 1 rings (SSSR count). The summed E-state index contributed by atoms with van der Waals surface area (Å²) in [7, 11) is 0. The second kappa shape index (κ2) is 4.12. The number of hydrogen-bond acceptors (Lipinski definition) is 6. The van der Waals surface area contributed by atoms with Crippen LogP contribution in [-0.4, -0.2) is 63.8 Å². The van der Waals surface area contributed by atoms with E-state index in [0.717, 1.165) is 0 Å². The van der Waals surface area contributed by atoms with Gasteiger partial charge in [0.25, 0.3) is 0 Å². The molecule has 0 saturated carbocycles. The van der Waals surface area contributed by atoms with Crippen molar-refractivity contribution in [3.63, 3.8) is 0 Å². The van der Waals surface area contributed by atoms with Gasteiger partial charge in [0.15, 0.2) is 6.29 Å². The lowest BCUT2D eigenvalue weighted by Gasteiger charge is -2.37. The number of aliphatic hydroxyl groups is 4. The van der Waals surface area contributed by atoms with E-state index in [1.54, 1.807) is 0 Å². The summed E-state index contributed by atoms with van der Waals surface area (Å²) in [6.45, 7) is -0.519. The molecular weight excluding hydrogens is 180 g/mol. The highest BCUT2D eigenvalue weighted by Gasteiger charge is 2.43. The summed E-state index contributed by atoms with van der Waals surface area (Å²) in [6.07, 6.45) is -6.21. The fourth-order valence-electron chi connectivity index (χ4n) is 1.24. The zero-order valence-electron chi connectivity index (χ0n) is 6.78. The maximum absolute atomic E-state index is 10.3. The van der Waals surface area contributed by atoms with E-state index in [1.807, 2.05) is 0 Å². The van der Waals surface area contributed by atoms with Crippen molar-refractivity contribution in [3.8, 4) is 0 Å². The van der Waals surface area contributed by atoms with Gasteiger partial charge in [-0.1, -0.05) is 0 Å². The highest BCUT2D eigenvalue weighted by Crippen LogP contribution is 2.19. The lowest BCUT2D eigenvalue weighted by atomic mass is 9.96. The fourth-order valence-corrected chi connectivity index (χ4v) is 1.24. The van der Waals surface area contributed by atoms with Gasteiger partial charge in [0.1, 0.15) is 30.5 Å². The van der Waals surface area contributed by atoms with Gasteiger partial charge in [-0.3, -0.25) is 0 Å². The van der Waals surface area contributed by atoms with E-state index in [1.165, 1.54) is 0 Å². The molecule has 13 heavy (non-hydrogen) atoms. The summed E-state index contributed by atoms with van der Waals surface area (Å²) >= 11 is 0. The van der Waals surface area contributed by atoms with Gasteiger partial charge in [0, 0.05) is 0 Å². The molecule has 1 fully saturated rings. The van der Waals surface area contributed by atoms with Crippen LogP contribution in [0.5, 0.6) is 0 Å². The molecule has 0 bridgehead atoms. The fraction of sp³-hybridized carbons (Fsp3) is 0.857. The maximum atomic E-state index is 10.3. The molecule has 0 radical (unpaired) electrons. The number of aldehydes is 1. The van der Waals surface area contributed by atoms with E-state index in [-0.39, 0.29) is 0 Å². The third kappa shape index (κ3) is 1.87. The molecule has 0 aromatic carbocycles. The summed E-state index contributed by atoms with van der Waals surface area (Å²) in [6, 6.07) is 0. The van der Waals surface area contributed by atoms with Crippen LogP contribution in [0.25, 0.3) is 0 Å². The Morgan fingerprint density at radius 3 is 2.23 bits per heavy atom. The summed E-state index contributed by atoms with van der Waals surface area (Å²) < 4.78 is 4.80. The van der Waals surface area contributed by atoms with E-state index in [9.17, 15) is 20.1 Å². The van der Waals surface area contributed by atoms with Crippen molar-refractivity contribution in [2.45, 2.75) is 30.5 Å². The van der Waals surface area contributed by atoms with E-state index in [0.29, 0.717) is 6.29 Å². The molecule has 6 nitrogen and oxygen atoms in total. The summed E-state index contributed by atoms with van der Waals surface area (Å²) in [5.41, 5.74) is 0. The van der Waals surface area contributed by atoms with Gasteiger partial charge in [0.05, 0.1) is 6.61 Å². The SMILES string of the molecule is O=C[C@H]1O[C@H](CO)[C@H](O)[C@H](O)[C@H]1O. The molecule has 5 atom stereocenters. The van der Waals surface area contributed by atoms with Gasteiger partial charge in [-0.15, -0.1) is 0 Å². The molecule has 0 unspecified atom stereocenters. The predicted molar refractivity (Wildman–Crippen MR) is 39.8 cm³/mol. The molecule has 1 aliphatic rings. The Bertz CT molecular complexity index is 182. The third-order valence-corrected chi connectivity index (χ3v) is 2.06. The number of carbonyl (C=O) groups excluding carboxylic acids is 1. The first-order chi connectivity index (χ1) is 6.11. The van der Waals surface area contributed by atoms with Crippen LogP contribution in [0, 0.1) is 0 Å². The monoisotopic (exact) mass is 192 g/mol. The van der Waals surface area contributed by atoms with Gasteiger partial charge in [-0.05, 0) is 0 Å². The van der Waals surface area contributed by atoms with Crippen molar-refractivity contribution in [3.05, 3.63) is 0 Å². The number of carbonyl (C=O) groups is 1. The first kappa shape index (κ1) is 10.6. The number of rotatable bonds is 2. The average molecular weight is 192 g/mol. The molecule has 0 amide bonds. The minimum atomic E-state index is -1.47. The molecule has 0 aromatic rings. The minimum absolute atomic E-state index is 0.322. The van der Waals surface area contributed by atoms with E-state index >= 15 is 0 Å². The zero-order valence-corrected chi connectivity index (χ0v) is 6.78. The number of aliphatic hydroxyl groups excluding tert-OH is 4. The largest absolute Gasteiger partial charge is 0.394 e. The predicted octanol–water partition coefficient (Wildman–Crippen LogP) is -2.97. The normalized spacial score (nSPS) is 46.0. The molecule has 1 saturated heterocycles. The van der Waals surface area contributed by atoms with Crippen molar-refractivity contribution in [1.82, 2.24) is 0 Å². The molecular formula is C7H12O6. The van der Waals surface area contributed by atoms with Gasteiger partial charge in [-0.2, -0.15) is 0 Å². The topological polar surface area (TPSA) is 107 Å². The quantitative estimate of drug-likeness (QED) is 0.348. The van der Waals surface area contributed by atoms with Gasteiger partial charge < -0.3 is 30.0 Å². The van der Waals surface area contributed by atoms with Crippen LogP contribution < -0.4 is 0 Å². The van der Waals surface area contributed by atoms with Gasteiger partial charge in [0.2, 0.25) is 0 Å². The highest BCUT2D eigenvalue weighted by atomic mass is 16.5. The molecule has 1 aliphatic heterocycles. The molecule has 0 spiro atoms. The Balaban J connectivity index is 2.71. The van der Waals surface area contributed by atoms with E-state index in [4.69, 9.17) is 9.84 Å². The molecule has 6 heteroatoms.